The number of nitrogens with zero attached hydrogens (tertiary/aromatic N) is 1. The van der Waals surface area contributed by atoms with Crippen LogP contribution in [0.3, 0.4) is 0 Å². The fraction of sp³-hybridized carbons (Fsp3) is 0.250. The molecule has 0 aliphatic heterocycles. The van der Waals surface area contributed by atoms with Crippen molar-refractivity contribution in [3.63, 3.8) is 0 Å². The monoisotopic (exact) mass is 280 g/mol. The summed E-state index contributed by atoms with van der Waals surface area (Å²) in [4.78, 5) is 27.5. The van der Waals surface area contributed by atoms with Gasteiger partial charge in [-0.3, -0.25) is 4.79 Å². The number of aromatic nitrogens is 1. The zero-order valence-corrected chi connectivity index (χ0v) is 11.0. The van der Waals surface area contributed by atoms with Gasteiger partial charge in [-0.05, 0) is 12.1 Å². The van der Waals surface area contributed by atoms with E-state index in [-0.39, 0.29) is 23.0 Å². The van der Waals surface area contributed by atoms with Crippen molar-refractivity contribution in [1.29, 1.82) is 0 Å². The molecule has 0 saturated carbocycles. The topological polar surface area (TPSA) is 92.4 Å². The van der Waals surface area contributed by atoms with E-state index in [4.69, 9.17) is 9.52 Å². The van der Waals surface area contributed by atoms with Crippen molar-refractivity contribution in [3.8, 4) is 0 Å². The van der Waals surface area contributed by atoms with Gasteiger partial charge < -0.3 is 14.8 Å². The van der Waals surface area contributed by atoms with Gasteiger partial charge in [-0.1, -0.05) is 6.92 Å². The van der Waals surface area contributed by atoms with Crippen molar-refractivity contribution >= 4 is 23.2 Å². The molecule has 0 fully saturated rings. The fourth-order valence-corrected chi connectivity index (χ4v) is 2.33. The van der Waals surface area contributed by atoms with E-state index >= 15 is 0 Å². The fourth-order valence-electron chi connectivity index (χ4n) is 1.55. The number of oxazole rings is 1. The van der Waals surface area contributed by atoms with E-state index in [2.05, 4.69) is 10.3 Å². The maximum atomic E-state index is 11.9. The molecule has 0 aliphatic rings. The number of hydrogen-bond donors (Lipinski definition) is 2. The second-order valence-corrected chi connectivity index (χ2v) is 4.90. The predicted molar refractivity (Wildman–Crippen MR) is 68.3 cm³/mol. The Morgan fingerprint density at radius 2 is 2.26 bits per heavy atom. The highest BCUT2D eigenvalue weighted by molar-refractivity contribution is 7.13. The summed E-state index contributed by atoms with van der Waals surface area (Å²) in [6.45, 7) is 2.14. The number of rotatable bonds is 5. The number of hydrogen-bond acceptors (Lipinski definition) is 5. The minimum absolute atomic E-state index is 0.250. The van der Waals surface area contributed by atoms with Crippen LogP contribution in [-0.4, -0.2) is 22.0 Å². The Kier molecular flexibility index (Phi) is 3.96. The van der Waals surface area contributed by atoms with E-state index in [1.165, 1.54) is 12.5 Å². The second kappa shape index (κ2) is 5.66. The van der Waals surface area contributed by atoms with Gasteiger partial charge in [0.05, 0.1) is 6.54 Å². The molecule has 2 rings (SSSR count). The van der Waals surface area contributed by atoms with Gasteiger partial charge in [0, 0.05) is 11.3 Å². The Labute approximate surface area is 113 Å². The molecule has 7 heteroatoms. The summed E-state index contributed by atoms with van der Waals surface area (Å²) in [6.07, 6.45) is 1.83. The number of aryl methyl sites for hydroxylation is 1. The minimum Gasteiger partial charge on any atom is -0.477 e. The average Bonchev–Trinajstić information content (AvgIpc) is 3.04. The third-order valence-corrected chi connectivity index (χ3v) is 3.55. The summed E-state index contributed by atoms with van der Waals surface area (Å²) < 4.78 is 5.08. The average molecular weight is 280 g/mol. The number of thiophene rings is 1. The Hall–Kier alpha value is -2.15. The molecule has 0 bridgehead atoms. The molecule has 0 aliphatic carbocycles. The van der Waals surface area contributed by atoms with Crippen molar-refractivity contribution in [2.75, 3.05) is 0 Å². The third-order valence-electron chi connectivity index (χ3n) is 2.47. The number of carbonyl (C=O) groups excluding carboxylic acids is 1. The Bertz CT molecular complexity index is 602. The Balaban J connectivity index is 1.98. The minimum atomic E-state index is -0.965. The van der Waals surface area contributed by atoms with Crippen LogP contribution in [0.5, 0.6) is 0 Å². The van der Waals surface area contributed by atoms with Crippen LogP contribution >= 0.6 is 11.3 Å². The summed E-state index contributed by atoms with van der Waals surface area (Å²) in [5.74, 6) is -0.752. The van der Waals surface area contributed by atoms with Gasteiger partial charge in [-0.2, -0.15) is 0 Å². The van der Waals surface area contributed by atoms with Crippen LogP contribution in [0.15, 0.2) is 22.9 Å². The van der Waals surface area contributed by atoms with Crippen LogP contribution in [0.1, 0.15) is 37.7 Å². The quantitative estimate of drug-likeness (QED) is 0.873. The highest BCUT2D eigenvalue weighted by atomic mass is 32.1. The van der Waals surface area contributed by atoms with Crippen LogP contribution in [0, 0.1) is 0 Å². The van der Waals surface area contributed by atoms with E-state index in [0.717, 1.165) is 16.2 Å². The van der Waals surface area contributed by atoms with Crippen LogP contribution in [0.4, 0.5) is 0 Å². The Morgan fingerprint density at radius 3 is 2.89 bits per heavy atom. The van der Waals surface area contributed by atoms with Gasteiger partial charge in [0.1, 0.15) is 10.6 Å². The van der Waals surface area contributed by atoms with Gasteiger partial charge in [0.2, 0.25) is 0 Å². The molecule has 2 aromatic heterocycles. The summed E-state index contributed by atoms with van der Waals surface area (Å²) >= 11 is 1.13. The standard InChI is InChI=1S/C12H12N2O4S/c1-2-8-10(14-6-18-8)11(15)13-5-7-3-4-9(19-7)12(16)17/h3-4,6H,2,5H2,1H3,(H,13,15)(H,16,17). The summed E-state index contributed by atoms with van der Waals surface area (Å²) in [6, 6.07) is 3.19. The smallest absolute Gasteiger partial charge is 0.345 e. The zero-order chi connectivity index (χ0) is 13.8. The number of carboxylic acid groups (broad SMARTS) is 1. The van der Waals surface area contributed by atoms with E-state index in [1.54, 1.807) is 6.07 Å². The van der Waals surface area contributed by atoms with Crippen molar-refractivity contribution < 1.29 is 19.1 Å². The normalized spacial score (nSPS) is 10.4. The lowest BCUT2D eigenvalue weighted by Gasteiger charge is -2.01. The molecule has 0 radical (unpaired) electrons. The first-order chi connectivity index (χ1) is 9.11. The number of nitrogens with one attached hydrogen (secondary N) is 1. The van der Waals surface area contributed by atoms with Crippen molar-refractivity contribution in [1.82, 2.24) is 10.3 Å². The van der Waals surface area contributed by atoms with E-state index < -0.39 is 5.97 Å². The van der Waals surface area contributed by atoms with Gasteiger partial charge in [0.25, 0.3) is 5.91 Å². The highest BCUT2D eigenvalue weighted by Crippen LogP contribution is 2.16. The first-order valence-corrected chi connectivity index (χ1v) is 6.46. The summed E-state index contributed by atoms with van der Waals surface area (Å²) in [7, 11) is 0. The van der Waals surface area contributed by atoms with Crippen LogP contribution < -0.4 is 5.32 Å². The largest absolute Gasteiger partial charge is 0.477 e. The van der Waals surface area contributed by atoms with E-state index in [0.29, 0.717) is 12.2 Å². The lowest BCUT2D eigenvalue weighted by molar-refractivity contribution is 0.0702. The first kappa shape index (κ1) is 13.3. The molecule has 0 unspecified atom stereocenters. The first-order valence-electron chi connectivity index (χ1n) is 5.64. The van der Waals surface area contributed by atoms with E-state index in [1.807, 2.05) is 6.92 Å². The predicted octanol–water partition coefficient (Wildman–Crippen LogP) is 1.93. The molecule has 19 heavy (non-hydrogen) atoms. The lowest BCUT2D eigenvalue weighted by Crippen LogP contribution is -2.23. The molecule has 0 saturated heterocycles. The molecule has 2 heterocycles. The maximum absolute atomic E-state index is 11.9. The van der Waals surface area contributed by atoms with Crippen molar-refractivity contribution in [3.05, 3.63) is 39.7 Å². The number of aromatic carboxylic acids is 1. The van der Waals surface area contributed by atoms with Crippen LogP contribution in [0.2, 0.25) is 0 Å². The molecule has 0 atom stereocenters. The molecule has 0 spiro atoms. The second-order valence-electron chi connectivity index (χ2n) is 3.73. The molecule has 100 valence electrons. The van der Waals surface area contributed by atoms with Crippen molar-refractivity contribution in [2.45, 2.75) is 19.9 Å². The molecule has 0 aromatic carbocycles. The van der Waals surface area contributed by atoms with Gasteiger partial charge >= 0.3 is 5.97 Å². The summed E-state index contributed by atoms with van der Waals surface area (Å²) in [5.41, 5.74) is 0.275. The van der Waals surface area contributed by atoms with Gasteiger partial charge in [-0.15, -0.1) is 11.3 Å². The highest BCUT2D eigenvalue weighted by Gasteiger charge is 2.15. The van der Waals surface area contributed by atoms with Gasteiger partial charge in [-0.25, -0.2) is 9.78 Å². The molecule has 6 nitrogen and oxygen atoms in total. The van der Waals surface area contributed by atoms with Crippen molar-refractivity contribution in [2.24, 2.45) is 0 Å². The zero-order valence-electron chi connectivity index (χ0n) is 10.2. The molecular weight excluding hydrogens is 268 g/mol. The van der Waals surface area contributed by atoms with Crippen LogP contribution in [0.25, 0.3) is 0 Å². The number of carbonyl (C=O) groups is 2. The van der Waals surface area contributed by atoms with Crippen LogP contribution in [-0.2, 0) is 13.0 Å². The molecule has 1 amide bonds. The lowest BCUT2D eigenvalue weighted by atomic mass is 10.2. The third kappa shape index (κ3) is 3.00. The molecular formula is C12H12N2O4S. The number of amides is 1. The number of carboxylic acids is 1. The van der Waals surface area contributed by atoms with E-state index in [9.17, 15) is 9.59 Å². The molecule has 2 N–H and O–H groups in total. The molecule has 2 aromatic rings. The SMILES string of the molecule is CCc1ocnc1C(=O)NCc1ccc(C(=O)O)s1. The summed E-state index contributed by atoms with van der Waals surface area (Å²) in [5, 5.41) is 11.5. The maximum Gasteiger partial charge on any atom is 0.345 e. The Morgan fingerprint density at radius 1 is 1.47 bits per heavy atom. The van der Waals surface area contributed by atoms with Gasteiger partial charge in [0.15, 0.2) is 12.1 Å².